The minimum atomic E-state index is -3.90. The summed E-state index contributed by atoms with van der Waals surface area (Å²) in [5.41, 5.74) is 0.728. The summed E-state index contributed by atoms with van der Waals surface area (Å²) in [4.78, 5) is 11.1. The molecule has 2 aromatic carbocycles. The Morgan fingerprint density at radius 3 is 2.56 bits per heavy atom. The molecule has 0 fully saturated rings. The van der Waals surface area contributed by atoms with Gasteiger partial charge in [-0.2, -0.15) is 0 Å². The zero-order valence-corrected chi connectivity index (χ0v) is 14.5. The van der Waals surface area contributed by atoms with Crippen molar-refractivity contribution in [2.45, 2.75) is 16.8 Å². The smallest absolute Gasteiger partial charge is 0.335 e. The fourth-order valence-electron chi connectivity index (χ4n) is 2.33. The van der Waals surface area contributed by atoms with Crippen LogP contribution in [0.5, 0.6) is 0 Å². The average molecular weight is 378 g/mol. The summed E-state index contributed by atoms with van der Waals surface area (Å²) in [6.07, 6.45) is 0. The minimum Gasteiger partial charge on any atom is -0.478 e. The quantitative estimate of drug-likeness (QED) is 0.750. The fourth-order valence-corrected chi connectivity index (χ4v) is 3.96. The van der Waals surface area contributed by atoms with Crippen molar-refractivity contribution < 1.29 is 18.3 Å². The van der Waals surface area contributed by atoms with Crippen molar-refractivity contribution in [3.8, 4) is 5.69 Å². The van der Waals surface area contributed by atoms with E-state index in [0.717, 1.165) is 0 Å². The molecule has 0 amide bonds. The highest BCUT2D eigenvalue weighted by Crippen LogP contribution is 2.25. The molecule has 0 aliphatic carbocycles. The summed E-state index contributed by atoms with van der Waals surface area (Å²) in [5.74, 6) is -1.09. The highest BCUT2D eigenvalue weighted by atomic mass is 35.5. The van der Waals surface area contributed by atoms with Crippen molar-refractivity contribution in [1.82, 2.24) is 15.0 Å². The van der Waals surface area contributed by atoms with E-state index in [-0.39, 0.29) is 21.2 Å². The highest BCUT2D eigenvalue weighted by molar-refractivity contribution is 7.91. The Bertz CT molecular complexity index is 1080. The summed E-state index contributed by atoms with van der Waals surface area (Å²) >= 11 is 5.87. The number of aromatic carboxylic acids is 1. The van der Waals surface area contributed by atoms with Crippen LogP contribution < -0.4 is 0 Å². The van der Waals surface area contributed by atoms with Crippen LogP contribution in [0.25, 0.3) is 5.69 Å². The van der Waals surface area contributed by atoms with Crippen molar-refractivity contribution in [1.29, 1.82) is 0 Å². The lowest BCUT2D eigenvalue weighted by Crippen LogP contribution is -2.06. The van der Waals surface area contributed by atoms with Gasteiger partial charge in [-0.1, -0.05) is 28.9 Å². The molecule has 7 nitrogen and oxygen atoms in total. The number of nitrogens with zero attached hydrogens (tertiary/aromatic N) is 3. The second kappa shape index (κ2) is 6.30. The molecule has 3 rings (SSSR count). The van der Waals surface area contributed by atoms with E-state index in [9.17, 15) is 13.2 Å². The minimum absolute atomic E-state index is 0.00874. The number of halogens is 1. The molecule has 0 saturated carbocycles. The van der Waals surface area contributed by atoms with Crippen LogP contribution in [0.3, 0.4) is 0 Å². The van der Waals surface area contributed by atoms with Crippen LogP contribution >= 0.6 is 11.6 Å². The van der Waals surface area contributed by atoms with E-state index in [0.29, 0.717) is 10.7 Å². The number of carbonyl (C=O) groups is 1. The van der Waals surface area contributed by atoms with Crippen LogP contribution in [-0.2, 0) is 9.84 Å². The Labute approximate surface area is 148 Å². The van der Waals surface area contributed by atoms with E-state index in [1.807, 2.05) is 0 Å². The topological polar surface area (TPSA) is 102 Å². The molecule has 0 aliphatic heterocycles. The Morgan fingerprint density at radius 1 is 1.16 bits per heavy atom. The van der Waals surface area contributed by atoms with Gasteiger partial charge in [0.1, 0.15) is 0 Å². The van der Waals surface area contributed by atoms with Gasteiger partial charge in [-0.15, -0.1) is 5.10 Å². The third-order valence-electron chi connectivity index (χ3n) is 3.55. The number of hydrogen-bond donors (Lipinski definition) is 1. The summed E-state index contributed by atoms with van der Waals surface area (Å²) in [5, 5.41) is 16.8. The summed E-state index contributed by atoms with van der Waals surface area (Å²) in [6.45, 7) is 1.55. The zero-order chi connectivity index (χ0) is 18.2. The molecule has 128 valence electrons. The van der Waals surface area contributed by atoms with Gasteiger partial charge in [0.2, 0.25) is 14.9 Å². The lowest BCUT2D eigenvalue weighted by atomic mass is 10.2. The van der Waals surface area contributed by atoms with Crippen LogP contribution in [0.1, 0.15) is 16.1 Å². The number of sulfone groups is 1. The molecule has 1 N–H and O–H groups in total. The van der Waals surface area contributed by atoms with Crippen LogP contribution in [-0.4, -0.2) is 34.5 Å². The number of hydrogen-bond acceptors (Lipinski definition) is 5. The number of benzene rings is 2. The van der Waals surface area contributed by atoms with Gasteiger partial charge in [0, 0.05) is 5.02 Å². The fraction of sp³-hybridized carbons (Fsp3) is 0.0625. The van der Waals surface area contributed by atoms with Gasteiger partial charge in [0.25, 0.3) is 0 Å². The molecule has 0 bridgehead atoms. The molecule has 0 radical (unpaired) electrons. The molecule has 1 heterocycles. The van der Waals surface area contributed by atoms with Crippen LogP contribution in [0.4, 0.5) is 0 Å². The highest BCUT2D eigenvalue weighted by Gasteiger charge is 2.26. The first-order chi connectivity index (χ1) is 11.8. The van der Waals surface area contributed by atoms with Crippen LogP contribution in [0.2, 0.25) is 5.02 Å². The second-order valence-electron chi connectivity index (χ2n) is 5.21. The monoisotopic (exact) mass is 377 g/mol. The predicted octanol–water partition coefficient (Wildman–Crippen LogP) is 2.76. The van der Waals surface area contributed by atoms with E-state index >= 15 is 0 Å². The molecule has 3 aromatic rings. The van der Waals surface area contributed by atoms with Gasteiger partial charge in [-0.25, -0.2) is 17.9 Å². The first-order valence-corrected chi connectivity index (χ1v) is 8.93. The van der Waals surface area contributed by atoms with Crippen molar-refractivity contribution >= 4 is 27.4 Å². The maximum atomic E-state index is 12.8. The maximum Gasteiger partial charge on any atom is 0.335 e. The molecule has 9 heteroatoms. The molecule has 0 saturated heterocycles. The van der Waals surface area contributed by atoms with Crippen LogP contribution in [0.15, 0.2) is 58.5 Å². The average Bonchev–Trinajstić information content (AvgIpc) is 2.97. The summed E-state index contributed by atoms with van der Waals surface area (Å²) < 4.78 is 26.8. The molecular weight excluding hydrogens is 366 g/mol. The van der Waals surface area contributed by atoms with Gasteiger partial charge in [0.05, 0.1) is 21.8 Å². The van der Waals surface area contributed by atoms with Gasteiger partial charge >= 0.3 is 5.97 Å². The largest absolute Gasteiger partial charge is 0.478 e. The van der Waals surface area contributed by atoms with Gasteiger partial charge in [0.15, 0.2) is 0 Å². The summed E-state index contributed by atoms with van der Waals surface area (Å²) in [7, 11) is -3.90. The second-order valence-corrected chi connectivity index (χ2v) is 7.51. The van der Waals surface area contributed by atoms with E-state index in [4.69, 9.17) is 16.7 Å². The molecule has 25 heavy (non-hydrogen) atoms. The Kier molecular flexibility index (Phi) is 4.32. The number of carboxylic acid groups (broad SMARTS) is 1. The van der Waals surface area contributed by atoms with E-state index in [1.54, 1.807) is 25.1 Å². The Morgan fingerprint density at radius 2 is 1.88 bits per heavy atom. The van der Waals surface area contributed by atoms with Crippen molar-refractivity contribution in [3.63, 3.8) is 0 Å². The van der Waals surface area contributed by atoms with Crippen molar-refractivity contribution in [2.75, 3.05) is 0 Å². The maximum absolute atomic E-state index is 12.8. The molecular formula is C16H12ClN3O4S. The lowest BCUT2D eigenvalue weighted by molar-refractivity contribution is 0.0697. The molecule has 0 aliphatic rings. The number of aromatic nitrogens is 3. The zero-order valence-electron chi connectivity index (χ0n) is 12.9. The van der Waals surface area contributed by atoms with Crippen molar-refractivity contribution in [3.05, 3.63) is 64.8 Å². The van der Waals surface area contributed by atoms with E-state index in [2.05, 4.69) is 10.3 Å². The molecule has 0 unspecified atom stereocenters. The van der Waals surface area contributed by atoms with E-state index < -0.39 is 15.8 Å². The molecule has 0 atom stereocenters. The first-order valence-electron chi connectivity index (χ1n) is 7.07. The number of rotatable bonds is 4. The van der Waals surface area contributed by atoms with Gasteiger partial charge in [-0.05, 0) is 43.3 Å². The Hall–Kier alpha value is -2.71. The third-order valence-corrected chi connectivity index (χ3v) is 5.55. The van der Waals surface area contributed by atoms with Gasteiger partial charge < -0.3 is 5.11 Å². The molecule has 1 aromatic heterocycles. The normalized spacial score (nSPS) is 11.4. The number of carboxylic acids is 1. The Balaban J connectivity index is 2.10. The lowest BCUT2D eigenvalue weighted by Gasteiger charge is -2.06. The van der Waals surface area contributed by atoms with E-state index in [1.165, 1.54) is 35.0 Å². The SMILES string of the molecule is Cc1c(S(=O)(=O)c2cccc(Cl)c2)nnn1-c1cccc(C(=O)O)c1. The first kappa shape index (κ1) is 17.1. The van der Waals surface area contributed by atoms with Gasteiger partial charge in [-0.3, -0.25) is 0 Å². The third kappa shape index (κ3) is 3.13. The standard InChI is InChI=1S/C16H12ClN3O4S/c1-10-15(25(23,24)14-7-3-5-12(17)9-14)18-19-20(10)13-6-2-4-11(8-13)16(21)22/h2-9H,1H3,(H,21,22). The summed E-state index contributed by atoms with van der Waals surface area (Å²) in [6, 6.07) is 11.8. The van der Waals surface area contributed by atoms with Crippen LogP contribution in [0, 0.1) is 6.92 Å². The molecule has 0 spiro atoms. The predicted molar refractivity (Wildman–Crippen MR) is 90.0 cm³/mol. The van der Waals surface area contributed by atoms with Crippen molar-refractivity contribution in [2.24, 2.45) is 0 Å².